The number of rotatable bonds is 4. The number of pyridine rings is 1. The SMILES string of the molecule is CCn1nccc1CNc1cccc2cc(Br)cnc12. The van der Waals surface area contributed by atoms with Crippen molar-refractivity contribution >= 4 is 32.5 Å². The number of para-hydroxylation sites is 1. The Morgan fingerprint density at radius 2 is 2.20 bits per heavy atom. The molecule has 0 aliphatic heterocycles. The van der Waals surface area contributed by atoms with Crippen molar-refractivity contribution in [2.75, 3.05) is 5.32 Å². The smallest absolute Gasteiger partial charge is 0.0934 e. The summed E-state index contributed by atoms with van der Waals surface area (Å²) in [5.41, 5.74) is 3.19. The fourth-order valence-electron chi connectivity index (χ4n) is 2.26. The third-order valence-corrected chi connectivity index (χ3v) is 3.68. The van der Waals surface area contributed by atoms with Crippen LogP contribution < -0.4 is 5.32 Å². The molecule has 2 heterocycles. The van der Waals surface area contributed by atoms with E-state index < -0.39 is 0 Å². The maximum atomic E-state index is 4.49. The predicted molar refractivity (Wildman–Crippen MR) is 84.7 cm³/mol. The number of anilines is 1. The zero-order valence-corrected chi connectivity index (χ0v) is 12.8. The van der Waals surface area contributed by atoms with Gasteiger partial charge in [-0.1, -0.05) is 12.1 Å². The van der Waals surface area contributed by atoms with Crippen molar-refractivity contribution in [2.24, 2.45) is 0 Å². The van der Waals surface area contributed by atoms with Crippen molar-refractivity contribution in [1.82, 2.24) is 14.8 Å². The number of aromatic nitrogens is 3. The highest BCUT2D eigenvalue weighted by atomic mass is 79.9. The van der Waals surface area contributed by atoms with Gasteiger partial charge in [0.2, 0.25) is 0 Å². The molecule has 0 amide bonds. The third-order valence-electron chi connectivity index (χ3n) is 3.24. The van der Waals surface area contributed by atoms with Gasteiger partial charge in [-0.3, -0.25) is 9.67 Å². The molecule has 4 nitrogen and oxygen atoms in total. The second-order valence-electron chi connectivity index (χ2n) is 4.52. The van der Waals surface area contributed by atoms with E-state index >= 15 is 0 Å². The molecule has 3 aromatic rings. The van der Waals surface area contributed by atoms with Crippen LogP contribution in [0, 0.1) is 0 Å². The lowest BCUT2D eigenvalue weighted by Crippen LogP contribution is -2.08. The molecule has 0 atom stereocenters. The average molecular weight is 331 g/mol. The fourth-order valence-corrected chi connectivity index (χ4v) is 2.61. The van der Waals surface area contributed by atoms with Gasteiger partial charge in [0.15, 0.2) is 0 Å². The number of aryl methyl sites for hydroxylation is 1. The number of nitrogens with zero attached hydrogens (tertiary/aromatic N) is 3. The third kappa shape index (κ3) is 2.54. The minimum Gasteiger partial charge on any atom is -0.378 e. The Morgan fingerprint density at radius 3 is 3.05 bits per heavy atom. The maximum absolute atomic E-state index is 4.49. The molecule has 0 fully saturated rings. The molecular formula is C15H15BrN4. The highest BCUT2D eigenvalue weighted by Gasteiger charge is 2.04. The van der Waals surface area contributed by atoms with E-state index in [1.165, 1.54) is 5.69 Å². The lowest BCUT2D eigenvalue weighted by Gasteiger charge is -2.10. The van der Waals surface area contributed by atoms with Crippen LogP contribution in [0.4, 0.5) is 5.69 Å². The van der Waals surface area contributed by atoms with Crippen molar-refractivity contribution in [1.29, 1.82) is 0 Å². The predicted octanol–water partition coefficient (Wildman–Crippen LogP) is 3.83. The summed E-state index contributed by atoms with van der Waals surface area (Å²) in [4.78, 5) is 4.49. The molecule has 102 valence electrons. The molecule has 0 spiro atoms. The standard InChI is InChI=1S/C15H15BrN4/c1-2-20-13(6-7-19-20)10-17-14-5-3-4-11-8-12(16)9-18-15(11)14/h3-9,17H,2,10H2,1H3. The summed E-state index contributed by atoms with van der Waals surface area (Å²) in [6, 6.07) is 10.3. The second kappa shape index (κ2) is 5.63. The highest BCUT2D eigenvalue weighted by molar-refractivity contribution is 9.10. The maximum Gasteiger partial charge on any atom is 0.0934 e. The molecule has 1 aromatic carbocycles. The Bertz CT molecular complexity index is 736. The fraction of sp³-hybridized carbons (Fsp3) is 0.200. The lowest BCUT2D eigenvalue weighted by atomic mass is 10.2. The summed E-state index contributed by atoms with van der Waals surface area (Å²) in [6.07, 6.45) is 3.66. The Morgan fingerprint density at radius 1 is 1.30 bits per heavy atom. The summed E-state index contributed by atoms with van der Waals surface area (Å²) >= 11 is 3.45. The van der Waals surface area contributed by atoms with Crippen molar-refractivity contribution in [3.63, 3.8) is 0 Å². The van der Waals surface area contributed by atoms with E-state index in [9.17, 15) is 0 Å². The molecule has 0 unspecified atom stereocenters. The van der Waals surface area contributed by atoms with Gasteiger partial charge in [-0.05, 0) is 41.1 Å². The number of hydrogen-bond donors (Lipinski definition) is 1. The number of hydrogen-bond acceptors (Lipinski definition) is 3. The Kier molecular flexibility index (Phi) is 3.69. The minimum absolute atomic E-state index is 0.741. The van der Waals surface area contributed by atoms with Gasteiger partial charge in [-0.25, -0.2) is 0 Å². The van der Waals surface area contributed by atoms with Gasteiger partial charge in [0.1, 0.15) is 0 Å². The molecule has 3 rings (SSSR count). The molecule has 0 radical (unpaired) electrons. The van der Waals surface area contributed by atoms with Crippen LogP contribution in [0.2, 0.25) is 0 Å². The van der Waals surface area contributed by atoms with Gasteiger partial charge < -0.3 is 5.32 Å². The molecule has 5 heteroatoms. The Balaban J connectivity index is 1.88. The Labute approximate surface area is 126 Å². The molecule has 0 aliphatic rings. The van der Waals surface area contributed by atoms with Crippen molar-refractivity contribution in [3.8, 4) is 0 Å². The molecule has 0 saturated heterocycles. The van der Waals surface area contributed by atoms with Crippen LogP contribution in [0.15, 0.2) is 47.2 Å². The summed E-state index contributed by atoms with van der Waals surface area (Å²) < 4.78 is 2.98. The summed E-state index contributed by atoms with van der Waals surface area (Å²) in [7, 11) is 0. The van der Waals surface area contributed by atoms with Crippen LogP contribution in [0.3, 0.4) is 0 Å². The van der Waals surface area contributed by atoms with Gasteiger partial charge in [-0.2, -0.15) is 5.10 Å². The van der Waals surface area contributed by atoms with Crippen LogP contribution in [0.5, 0.6) is 0 Å². The first-order valence-corrected chi connectivity index (χ1v) is 7.36. The van der Waals surface area contributed by atoms with Gasteiger partial charge in [0.25, 0.3) is 0 Å². The lowest BCUT2D eigenvalue weighted by molar-refractivity contribution is 0.628. The normalized spacial score (nSPS) is 10.9. The average Bonchev–Trinajstić information content (AvgIpc) is 2.92. The summed E-state index contributed by atoms with van der Waals surface area (Å²) in [5.74, 6) is 0. The molecule has 0 bridgehead atoms. The second-order valence-corrected chi connectivity index (χ2v) is 5.44. The van der Waals surface area contributed by atoms with Crippen molar-refractivity contribution in [2.45, 2.75) is 20.0 Å². The quantitative estimate of drug-likeness (QED) is 0.790. The number of fused-ring (bicyclic) bond motifs is 1. The van der Waals surface area contributed by atoms with Crippen molar-refractivity contribution in [3.05, 3.63) is 52.9 Å². The van der Waals surface area contributed by atoms with Crippen LogP contribution in [0.1, 0.15) is 12.6 Å². The molecule has 0 aliphatic carbocycles. The van der Waals surface area contributed by atoms with E-state index in [1.54, 1.807) is 0 Å². The zero-order valence-electron chi connectivity index (χ0n) is 11.2. The number of nitrogens with one attached hydrogen (secondary N) is 1. The van der Waals surface area contributed by atoms with Crippen LogP contribution >= 0.6 is 15.9 Å². The van der Waals surface area contributed by atoms with Gasteiger partial charge in [0.05, 0.1) is 23.4 Å². The van der Waals surface area contributed by atoms with E-state index in [0.717, 1.165) is 34.2 Å². The molecular weight excluding hydrogens is 316 g/mol. The number of halogens is 1. The van der Waals surface area contributed by atoms with Gasteiger partial charge in [-0.15, -0.1) is 0 Å². The first-order valence-electron chi connectivity index (χ1n) is 6.57. The monoisotopic (exact) mass is 330 g/mol. The first kappa shape index (κ1) is 13.1. The van der Waals surface area contributed by atoms with Crippen LogP contribution in [0.25, 0.3) is 10.9 Å². The Hall–Kier alpha value is -1.88. The van der Waals surface area contributed by atoms with E-state index in [1.807, 2.05) is 29.2 Å². The van der Waals surface area contributed by atoms with E-state index in [4.69, 9.17) is 0 Å². The van der Waals surface area contributed by atoms with Gasteiger partial charge >= 0.3 is 0 Å². The minimum atomic E-state index is 0.741. The zero-order chi connectivity index (χ0) is 13.9. The summed E-state index contributed by atoms with van der Waals surface area (Å²) in [6.45, 7) is 3.71. The number of benzene rings is 1. The first-order chi connectivity index (χ1) is 9.78. The molecule has 0 saturated carbocycles. The molecule has 20 heavy (non-hydrogen) atoms. The topological polar surface area (TPSA) is 42.7 Å². The molecule has 1 N–H and O–H groups in total. The van der Waals surface area contributed by atoms with Crippen LogP contribution in [-0.4, -0.2) is 14.8 Å². The van der Waals surface area contributed by atoms with Crippen molar-refractivity contribution < 1.29 is 0 Å². The highest BCUT2D eigenvalue weighted by Crippen LogP contribution is 2.24. The molecule has 2 aromatic heterocycles. The van der Waals surface area contributed by atoms with Crippen LogP contribution in [-0.2, 0) is 13.1 Å². The van der Waals surface area contributed by atoms with E-state index in [0.29, 0.717) is 0 Å². The summed E-state index contributed by atoms with van der Waals surface area (Å²) in [5, 5.41) is 8.84. The van der Waals surface area contributed by atoms with E-state index in [2.05, 4.69) is 56.5 Å². The largest absolute Gasteiger partial charge is 0.378 e. The van der Waals surface area contributed by atoms with Gasteiger partial charge in [0, 0.05) is 28.8 Å². The van der Waals surface area contributed by atoms with E-state index in [-0.39, 0.29) is 0 Å².